The molecule has 0 heterocycles. The van der Waals surface area contributed by atoms with Gasteiger partial charge in [0.05, 0.1) is 4.90 Å². The summed E-state index contributed by atoms with van der Waals surface area (Å²) >= 11 is 4.63. The van der Waals surface area contributed by atoms with Gasteiger partial charge in [-0.15, -0.1) is 0 Å². The van der Waals surface area contributed by atoms with Crippen LogP contribution in [0.2, 0.25) is 0 Å². The second kappa shape index (κ2) is 3.09. The Labute approximate surface area is 75.6 Å². The van der Waals surface area contributed by atoms with Crippen molar-refractivity contribution < 1.29 is 4.21 Å². The SMILES string of the molecule is Cc1ccccc1S(=O)(=S)Cl. The predicted molar refractivity (Wildman–Crippen MR) is 50.8 cm³/mol. The number of aryl methyl sites for hydroxylation is 1. The molecule has 1 rings (SSSR count). The third-order valence-corrected chi connectivity index (χ3v) is 3.38. The second-order valence-electron chi connectivity index (χ2n) is 2.20. The summed E-state index contributed by atoms with van der Waals surface area (Å²) in [6.45, 7) is 1.84. The molecule has 4 heteroatoms. The van der Waals surface area contributed by atoms with Gasteiger partial charge < -0.3 is 0 Å². The molecule has 1 nitrogen and oxygen atoms in total. The largest absolute Gasteiger partial charge is 0.236 e. The van der Waals surface area contributed by atoms with Crippen LogP contribution in [0.4, 0.5) is 0 Å². The molecule has 1 aromatic carbocycles. The molecule has 0 bridgehead atoms. The zero-order chi connectivity index (χ0) is 8.48. The molecule has 0 aliphatic heterocycles. The minimum Gasteiger partial charge on any atom is -0.236 e. The van der Waals surface area contributed by atoms with Gasteiger partial charge in [0.2, 0.25) is 0 Å². The molecule has 11 heavy (non-hydrogen) atoms. The van der Waals surface area contributed by atoms with Crippen molar-refractivity contribution in [3.05, 3.63) is 29.8 Å². The Balaban J connectivity index is 3.37. The monoisotopic (exact) mass is 206 g/mol. The van der Waals surface area contributed by atoms with Crippen molar-refractivity contribution in [3.8, 4) is 0 Å². The van der Waals surface area contributed by atoms with Gasteiger partial charge in [-0.2, -0.15) is 0 Å². The van der Waals surface area contributed by atoms with Crippen LogP contribution in [-0.2, 0) is 18.9 Å². The molecule has 0 aromatic heterocycles. The molecule has 0 amide bonds. The average Bonchev–Trinajstić information content (AvgIpc) is 1.86. The van der Waals surface area contributed by atoms with Crippen molar-refractivity contribution in [1.82, 2.24) is 0 Å². The lowest BCUT2D eigenvalue weighted by Gasteiger charge is -2.00. The molecule has 1 unspecified atom stereocenters. The Hall–Kier alpha value is -0.120. The fourth-order valence-electron chi connectivity index (χ4n) is 0.830. The summed E-state index contributed by atoms with van der Waals surface area (Å²) in [6, 6.07) is 7.16. The van der Waals surface area contributed by atoms with Crippen LogP contribution in [0.5, 0.6) is 0 Å². The van der Waals surface area contributed by atoms with E-state index in [0.29, 0.717) is 4.90 Å². The molecule has 0 aliphatic carbocycles. The van der Waals surface area contributed by atoms with Crippen LogP contribution >= 0.6 is 10.7 Å². The Morgan fingerprint density at radius 3 is 2.36 bits per heavy atom. The molecule has 1 atom stereocenters. The van der Waals surface area contributed by atoms with Crippen molar-refractivity contribution in [3.63, 3.8) is 0 Å². The summed E-state index contributed by atoms with van der Waals surface area (Å²) in [5.41, 5.74) is 0.877. The summed E-state index contributed by atoms with van der Waals surface area (Å²) in [4.78, 5) is 0.552. The lowest BCUT2D eigenvalue weighted by atomic mass is 10.2. The van der Waals surface area contributed by atoms with E-state index in [1.54, 1.807) is 12.1 Å². The van der Waals surface area contributed by atoms with E-state index < -0.39 is 7.71 Å². The van der Waals surface area contributed by atoms with Crippen LogP contribution in [0.15, 0.2) is 29.2 Å². The van der Waals surface area contributed by atoms with Gasteiger partial charge in [0.25, 0.3) is 0 Å². The zero-order valence-electron chi connectivity index (χ0n) is 5.91. The Morgan fingerprint density at radius 2 is 2.00 bits per heavy atom. The molecule has 0 saturated heterocycles. The van der Waals surface area contributed by atoms with Crippen LogP contribution in [0.3, 0.4) is 0 Å². The lowest BCUT2D eigenvalue weighted by Crippen LogP contribution is -1.91. The lowest BCUT2D eigenvalue weighted by molar-refractivity contribution is 0.689. The summed E-state index contributed by atoms with van der Waals surface area (Å²) < 4.78 is 11.2. The van der Waals surface area contributed by atoms with Crippen molar-refractivity contribution in [2.24, 2.45) is 0 Å². The minimum absolute atomic E-state index is 0.552. The van der Waals surface area contributed by atoms with E-state index in [9.17, 15) is 4.21 Å². The highest BCUT2D eigenvalue weighted by Crippen LogP contribution is 2.18. The Morgan fingerprint density at radius 1 is 1.45 bits per heavy atom. The number of benzene rings is 1. The summed E-state index contributed by atoms with van der Waals surface area (Å²) in [5, 5.41) is 0. The zero-order valence-corrected chi connectivity index (χ0v) is 8.30. The van der Waals surface area contributed by atoms with E-state index >= 15 is 0 Å². The van der Waals surface area contributed by atoms with E-state index in [2.05, 4.69) is 11.2 Å². The van der Waals surface area contributed by atoms with Crippen LogP contribution in [0.1, 0.15) is 5.56 Å². The van der Waals surface area contributed by atoms with E-state index in [1.165, 1.54) is 0 Å². The highest BCUT2D eigenvalue weighted by atomic mass is 35.7. The summed E-state index contributed by atoms with van der Waals surface area (Å²) in [6.07, 6.45) is 0. The van der Waals surface area contributed by atoms with Crippen LogP contribution < -0.4 is 0 Å². The first-order valence-electron chi connectivity index (χ1n) is 3.02. The third kappa shape index (κ3) is 2.15. The maximum atomic E-state index is 11.2. The molecule has 60 valence electrons. The first kappa shape index (κ1) is 8.97. The van der Waals surface area contributed by atoms with E-state index in [-0.39, 0.29) is 0 Å². The second-order valence-corrected chi connectivity index (χ2v) is 6.78. The van der Waals surface area contributed by atoms with Crippen LogP contribution in [0, 0.1) is 6.92 Å². The third-order valence-electron chi connectivity index (χ3n) is 1.36. The van der Waals surface area contributed by atoms with Crippen molar-refractivity contribution in [2.45, 2.75) is 11.8 Å². The smallest absolute Gasteiger partial charge is 0.141 e. The number of hydrogen-bond donors (Lipinski definition) is 0. The molecule has 0 fully saturated rings. The quantitative estimate of drug-likeness (QED) is 0.656. The molecule has 0 saturated carbocycles. The maximum absolute atomic E-state index is 11.2. The molecule has 0 spiro atoms. The van der Waals surface area contributed by atoms with Crippen molar-refractivity contribution in [1.29, 1.82) is 0 Å². The minimum atomic E-state index is -2.73. The van der Waals surface area contributed by atoms with Gasteiger partial charge in [0.1, 0.15) is 7.71 Å². The first-order chi connectivity index (χ1) is 5.02. The molecule has 0 aliphatic rings. The molecule has 0 radical (unpaired) electrons. The van der Waals surface area contributed by atoms with Crippen LogP contribution in [0.25, 0.3) is 0 Å². The maximum Gasteiger partial charge on any atom is 0.141 e. The molecular formula is C7H7ClOS2. The molecule has 0 N–H and O–H groups in total. The highest BCUT2D eigenvalue weighted by molar-refractivity contribution is 8.46. The van der Waals surface area contributed by atoms with E-state index in [1.807, 2.05) is 19.1 Å². The van der Waals surface area contributed by atoms with E-state index in [4.69, 9.17) is 10.7 Å². The summed E-state index contributed by atoms with van der Waals surface area (Å²) in [5.74, 6) is 0. The number of halogens is 1. The van der Waals surface area contributed by atoms with Gasteiger partial charge in [0, 0.05) is 11.2 Å². The van der Waals surface area contributed by atoms with Gasteiger partial charge in [-0.25, -0.2) is 4.21 Å². The predicted octanol–water partition coefficient (Wildman–Crippen LogP) is 2.25. The van der Waals surface area contributed by atoms with Gasteiger partial charge in [-0.3, -0.25) is 0 Å². The van der Waals surface area contributed by atoms with Crippen molar-refractivity contribution >= 4 is 29.6 Å². The van der Waals surface area contributed by atoms with E-state index in [0.717, 1.165) is 5.56 Å². The van der Waals surface area contributed by atoms with Gasteiger partial charge >= 0.3 is 0 Å². The standard InChI is InChI=1S/C7H7ClOS2/c1-6-4-2-3-5-7(6)11(8,9)10/h2-5H,1H3. The molecule has 1 aromatic rings. The topological polar surface area (TPSA) is 17.1 Å². The fraction of sp³-hybridized carbons (Fsp3) is 0.143. The van der Waals surface area contributed by atoms with Crippen molar-refractivity contribution in [2.75, 3.05) is 0 Å². The van der Waals surface area contributed by atoms with Crippen LogP contribution in [-0.4, -0.2) is 4.21 Å². The number of rotatable bonds is 1. The van der Waals surface area contributed by atoms with Gasteiger partial charge in [0.15, 0.2) is 0 Å². The fourth-order valence-corrected chi connectivity index (χ4v) is 2.60. The first-order valence-corrected chi connectivity index (χ1v) is 6.33. The highest BCUT2D eigenvalue weighted by Gasteiger charge is 2.06. The summed E-state index contributed by atoms with van der Waals surface area (Å²) in [7, 11) is 2.78. The van der Waals surface area contributed by atoms with Gasteiger partial charge in [-0.1, -0.05) is 18.2 Å². The number of hydrogen-bond acceptors (Lipinski definition) is 2. The Bertz CT molecular complexity index is 356. The normalized spacial score (nSPS) is 15.8. The Kier molecular flexibility index (Phi) is 2.52. The average molecular weight is 207 g/mol. The van der Waals surface area contributed by atoms with Gasteiger partial charge in [-0.05, 0) is 29.2 Å². The molecular weight excluding hydrogens is 200 g/mol.